The van der Waals surface area contributed by atoms with E-state index < -0.39 is 0 Å². The molecule has 0 aromatic heterocycles. The largest absolute Gasteiger partial charge is 0.385 e. The number of ether oxygens (including phenoxy) is 1. The van der Waals surface area contributed by atoms with E-state index in [-0.39, 0.29) is 17.9 Å². The van der Waals surface area contributed by atoms with E-state index in [1.807, 2.05) is 12.1 Å². The standard InChI is InChI=1S/C15H23N3O3/c1-11(15(20)16-9-4-10-21-3)17-13-5-7-14(8-6-13)18-12(2)19/h5-8,11,17H,4,9-10H2,1-3H3,(H,16,20)(H,18,19). The van der Waals surface area contributed by atoms with Gasteiger partial charge in [0.25, 0.3) is 0 Å². The third-order valence-electron chi connectivity index (χ3n) is 2.81. The molecule has 1 rings (SSSR count). The summed E-state index contributed by atoms with van der Waals surface area (Å²) < 4.78 is 4.92. The van der Waals surface area contributed by atoms with Gasteiger partial charge in [0.15, 0.2) is 0 Å². The van der Waals surface area contributed by atoms with Gasteiger partial charge in [0, 0.05) is 38.6 Å². The zero-order valence-electron chi connectivity index (χ0n) is 12.7. The average Bonchev–Trinajstić information content (AvgIpc) is 2.45. The van der Waals surface area contributed by atoms with E-state index in [0.29, 0.717) is 13.2 Å². The van der Waals surface area contributed by atoms with Crippen molar-refractivity contribution >= 4 is 23.2 Å². The number of hydrogen-bond acceptors (Lipinski definition) is 4. The molecule has 1 aromatic carbocycles. The molecule has 6 nitrogen and oxygen atoms in total. The zero-order valence-corrected chi connectivity index (χ0v) is 12.7. The first-order valence-corrected chi connectivity index (χ1v) is 6.93. The summed E-state index contributed by atoms with van der Waals surface area (Å²) in [6.07, 6.45) is 0.792. The highest BCUT2D eigenvalue weighted by atomic mass is 16.5. The van der Waals surface area contributed by atoms with E-state index in [4.69, 9.17) is 4.74 Å². The van der Waals surface area contributed by atoms with Crippen LogP contribution < -0.4 is 16.0 Å². The first kappa shape index (κ1) is 17.0. The molecule has 0 aliphatic heterocycles. The highest BCUT2D eigenvalue weighted by molar-refractivity contribution is 5.89. The molecule has 6 heteroatoms. The molecule has 0 aliphatic carbocycles. The SMILES string of the molecule is COCCCNC(=O)C(C)Nc1ccc(NC(C)=O)cc1. The minimum absolute atomic E-state index is 0.0583. The van der Waals surface area contributed by atoms with E-state index in [1.165, 1.54) is 6.92 Å². The molecule has 0 radical (unpaired) electrons. The molecule has 0 saturated carbocycles. The zero-order chi connectivity index (χ0) is 15.7. The van der Waals surface area contributed by atoms with E-state index in [9.17, 15) is 9.59 Å². The van der Waals surface area contributed by atoms with Crippen molar-refractivity contribution in [2.75, 3.05) is 30.9 Å². The van der Waals surface area contributed by atoms with Gasteiger partial charge in [-0.3, -0.25) is 9.59 Å². The fraction of sp³-hybridized carbons (Fsp3) is 0.467. The summed E-state index contributed by atoms with van der Waals surface area (Å²) in [7, 11) is 1.64. The third kappa shape index (κ3) is 6.76. The van der Waals surface area contributed by atoms with Crippen LogP contribution in [0.4, 0.5) is 11.4 Å². The van der Waals surface area contributed by atoms with Crippen LogP contribution in [-0.4, -0.2) is 38.1 Å². The van der Waals surface area contributed by atoms with Crippen LogP contribution in [0.1, 0.15) is 20.3 Å². The summed E-state index contributed by atoms with van der Waals surface area (Å²) in [4.78, 5) is 22.8. The van der Waals surface area contributed by atoms with Crippen LogP contribution in [0, 0.1) is 0 Å². The monoisotopic (exact) mass is 293 g/mol. The summed E-state index contributed by atoms with van der Waals surface area (Å²) >= 11 is 0. The smallest absolute Gasteiger partial charge is 0.242 e. The van der Waals surface area contributed by atoms with Crippen molar-refractivity contribution in [1.29, 1.82) is 0 Å². The maximum absolute atomic E-state index is 11.9. The third-order valence-corrected chi connectivity index (χ3v) is 2.81. The van der Waals surface area contributed by atoms with E-state index in [1.54, 1.807) is 26.2 Å². The number of carbonyl (C=O) groups excluding carboxylic acids is 2. The Balaban J connectivity index is 2.41. The van der Waals surface area contributed by atoms with Crippen LogP contribution in [0.15, 0.2) is 24.3 Å². The number of benzene rings is 1. The molecule has 0 fully saturated rings. The molecule has 0 aliphatic rings. The first-order chi connectivity index (χ1) is 10.0. The lowest BCUT2D eigenvalue weighted by atomic mass is 10.2. The van der Waals surface area contributed by atoms with Gasteiger partial charge in [0.05, 0.1) is 0 Å². The number of rotatable bonds is 8. The van der Waals surface area contributed by atoms with Gasteiger partial charge in [-0.2, -0.15) is 0 Å². The highest BCUT2D eigenvalue weighted by Gasteiger charge is 2.11. The van der Waals surface area contributed by atoms with E-state index in [2.05, 4.69) is 16.0 Å². The fourth-order valence-corrected chi connectivity index (χ4v) is 1.75. The van der Waals surface area contributed by atoms with Gasteiger partial charge in [0.2, 0.25) is 11.8 Å². The molecular weight excluding hydrogens is 270 g/mol. The molecule has 3 N–H and O–H groups in total. The second-order valence-corrected chi connectivity index (χ2v) is 4.76. The quantitative estimate of drug-likeness (QED) is 0.636. The Labute approximate surface area is 125 Å². The summed E-state index contributed by atoms with van der Waals surface area (Å²) in [6.45, 7) is 4.49. The predicted molar refractivity (Wildman–Crippen MR) is 83.3 cm³/mol. The van der Waals surface area contributed by atoms with Crippen molar-refractivity contribution in [2.45, 2.75) is 26.3 Å². The average molecular weight is 293 g/mol. The molecule has 0 spiro atoms. The molecule has 0 bridgehead atoms. The van der Waals surface area contributed by atoms with Gasteiger partial charge in [-0.15, -0.1) is 0 Å². The second-order valence-electron chi connectivity index (χ2n) is 4.76. The van der Waals surface area contributed by atoms with Crippen molar-refractivity contribution in [3.63, 3.8) is 0 Å². The van der Waals surface area contributed by atoms with E-state index >= 15 is 0 Å². The lowest BCUT2D eigenvalue weighted by Crippen LogP contribution is -2.38. The number of anilines is 2. The molecule has 0 saturated heterocycles. The molecule has 2 amide bonds. The Morgan fingerprint density at radius 2 is 1.81 bits per heavy atom. The van der Waals surface area contributed by atoms with E-state index in [0.717, 1.165) is 17.8 Å². The minimum Gasteiger partial charge on any atom is -0.385 e. The van der Waals surface area contributed by atoms with Crippen molar-refractivity contribution in [3.05, 3.63) is 24.3 Å². The second kappa shape index (κ2) is 8.97. The number of carbonyl (C=O) groups is 2. The Kier molecular flexibility index (Phi) is 7.25. The topological polar surface area (TPSA) is 79.5 Å². The van der Waals surface area contributed by atoms with Gasteiger partial charge in [-0.25, -0.2) is 0 Å². The van der Waals surface area contributed by atoms with Crippen molar-refractivity contribution in [2.24, 2.45) is 0 Å². The Morgan fingerprint density at radius 1 is 1.19 bits per heavy atom. The molecule has 1 aromatic rings. The van der Waals surface area contributed by atoms with Crippen molar-refractivity contribution in [1.82, 2.24) is 5.32 Å². The molecule has 116 valence electrons. The molecule has 1 unspecified atom stereocenters. The van der Waals surface area contributed by atoms with Crippen molar-refractivity contribution in [3.8, 4) is 0 Å². The Morgan fingerprint density at radius 3 is 2.38 bits per heavy atom. The maximum Gasteiger partial charge on any atom is 0.242 e. The predicted octanol–water partition coefficient (Wildman–Crippen LogP) is 1.60. The lowest BCUT2D eigenvalue weighted by Gasteiger charge is -2.15. The van der Waals surface area contributed by atoms with Gasteiger partial charge < -0.3 is 20.7 Å². The number of hydrogen-bond donors (Lipinski definition) is 3. The number of nitrogens with one attached hydrogen (secondary N) is 3. The van der Waals surface area contributed by atoms with Crippen LogP contribution in [0.3, 0.4) is 0 Å². The Bertz CT molecular complexity index is 460. The number of amides is 2. The van der Waals surface area contributed by atoms with Gasteiger partial charge >= 0.3 is 0 Å². The highest BCUT2D eigenvalue weighted by Crippen LogP contribution is 2.14. The Hall–Kier alpha value is -2.08. The lowest BCUT2D eigenvalue weighted by molar-refractivity contribution is -0.121. The summed E-state index contributed by atoms with van der Waals surface area (Å²) in [5.41, 5.74) is 1.55. The van der Waals surface area contributed by atoms with Crippen LogP contribution in [-0.2, 0) is 14.3 Å². The van der Waals surface area contributed by atoms with Crippen LogP contribution in [0.25, 0.3) is 0 Å². The van der Waals surface area contributed by atoms with Crippen LogP contribution in [0.2, 0.25) is 0 Å². The summed E-state index contributed by atoms with van der Waals surface area (Å²) in [6, 6.07) is 6.87. The van der Waals surface area contributed by atoms with Gasteiger partial charge in [-0.05, 0) is 37.6 Å². The minimum atomic E-state index is -0.334. The first-order valence-electron chi connectivity index (χ1n) is 6.93. The van der Waals surface area contributed by atoms with Crippen LogP contribution >= 0.6 is 0 Å². The number of methoxy groups -OCH3 is 1. The summed E-state index contributed by atoms with van der Waals surface area (Å²) in [5.74, 6) is -0.170. The fourth-order valence-electron chi connectivity index (χ4n) is 1.75. The normalized spacial score (nSPS) is 11.6. The summed E-state index contributed by atoms with van der Waals surface area (Å²) in [5, 5.41) is 8.63. The van der Waals surface area contributed by atoms with Gasteiger partial charge in [0.1, 0.15) is 6.04 Å². The molecule has 0 heterocycles. The van der Waals surface area contributed by atoms with Crippen LogP contribution in [0.5, 0.6) is 0 Å². The van der Waals surface area contributed by atoms with Gasteiger partial charge in [-0.1, -0.05) is 0 Å². The molecule has 21 heavy (non-hydrogen) atoms. The molecular formula is C15H23N3O3. The van der Waals surface area contributed by atoms with Crippen molar-refractivity contribution < 1.29 is 14.3 Å². The molecule has 1 atom stereocenters. The maximum atomic E-state index is 11.9.